The molecule has 152 valence electrons. The third-order valence-electron chi connectivity index (χ3n) is 4.41. The number of anilines is 2. The maximum Gasteiger partial charge on any atom is 0.248 e. The molecule has 28 heavy (non-hydrogen) atoms. The Morgan fingerprint density at radius 1 is 1.18 bits per heavy atom. The molecule has 0 heterocycles. The number of hydrogen-bond acceptors (Lipinski definition) is 3. The van der Waals surface area contributed by atoms with Crippen molar-refractivity contribution in [2.75, 3.05) is 15.9 Å². The number of aryl methyl sites for hydroxylation is 3. The Labute approximate surface area is 170 Å². The van der Waals surface area contributed by atoms with Crippen LogP contribution in [0.1, 0.15) is 30.0 Å². The molecule has 0 saturated carbocycles. The van der Waals surface area contributed by atoms with Gasteiger partial charge in [-0.05, 0) is 56.5 Å². The molecule has 1 atom stereocenters. The summed E-state index contributed by atoms with van der Waals surface area (Å²) in [5.74, 6) is -1.13. The molecular formula is C20H24ClFN2O3S. The van der Waals surface area contributed by atoms with E-state index >= 15 is 0 Å². The van der Waals surface area contributed by atoms with Crippen LogP contribution in [-0.4, -0.2) is 26.6 Å². The lowest BCUT2D eigenvalue weighted by Crippen LogP contribution is -2.47. The first-order chi connectivity index (χ1) is 13.0. The number of rotatable bonds is 6. The molecule has 2 aromatic rings. The number of amides is 1. The van der Waals surface area contributed by atoms with E-state index < -0.39 is 27.8 Å². The van der Waals surface area contributed by atoms with Crippen LogP contribution in [0.15, 0.2) is 30.3 Å². The van der Waals surface area contributed by atoms with E-state index in [0.717, 1.165) is 33.3 Å². The van der Waals surface area contributed by atoms with E-state index in [0.29, 0.717) is 5.69 Å². The first-order valence-electron chi connectivity index (χ1n) is 8.78. The molecule has 1 amide bonds. The first kappa shape index (κ1) is 22.2. The van der Waals surface area contributed by atoms with Crippen molar-refractivity contribution in [1.82, 2.24) is 0 Å². The standard InChI is InChI=1S/C20H24ClFN2O3S/c1-6-18(20(25)23-19-13(3)9-12(2)10-14(19)4)24(28(5,26)27)15-7-8-17(22)16(21)11-15/h7-11,18H,6H2,1-5H3,(H,23,25)/t18-/m0/s1. The third-order valence-corrected chi connectivity index (χ3v) is 5.88. The second-order valence-corrected chi connectivity index (χ2v) is 9.11. The van der Waals surface area contributed by atoms with Gasteiger partial charge in [0.1, 0.15) is 11.9 Å². The number of carbonyl (C=O) groups excluding carboxylic acids is 1. The molecule has 0 aromatic heterocycles. The fourth-order valence-electron chi connectivity index (χ4n) is 3.27. The van der Waals surface area contributed by atoms with Gasteiger partial charge in [-0.15, -0.1) is 0 Å². The number of carbonyl (C=O) groups is 1. The minimum absolute atomic E-state index is 0.133. The summed E-state index contributed by atoms with van der Waals surface area (Å²) in [7, 11) is -3.83. The molecule has 2 aromatic carbocycles. The van der Waals surface area contributed by atoms with Crippen molar-refractivity contribution in [2.24, 2.45) is 0 Å². The lowest BCUT2D eigenvalue weighted by Gasteiger charge is -2.30. The van der Waals surface area contributed by atoms with E-state index in [1.54, 1.807) is 6.92 Å². The van der Waals surface area contributed by atoms with E-state index in [1.165, 1.54) is 12.1 Å². The molecule has 1 N–H and O–H groups in total. The quantitative estimate of drug-likeness (QED) is 0.734. The Kier molecular flexibility index (Phi) is 6.72. The molecule has 0 unspecified atom stereocenters. The normalized spacial score (nSPS) is 12.5. The number of halogens is 2. The molecule has 5 nitrogen and oxygen atoms in total. The van der Waals surface area contributed by atoms with Gasteiger partial charge in [0.25, 0.3) is 0 Å². The van der Waals surface area contributed by atoms with Crippen LogP contribution in [-0.2, 0) is 14.8 Å². The summed E-state index contributed by atoms with van der Waals surface area (Å²) >= 11 is 5.82. The lowest BCUT2D eigenvalue weighted by molar-refractivity contribution is -0.117. The van der Waals surface area contributed by atoms with Crippen molar-refractivity contribution in [3.63, 3.8) is 0 Å². The van der Waals surface area contributed by atoms with Crippen molar-refractivity contribution in [1.29, 1.82) is 0 Å². The summed E-state index contributed by atoms with van der Waals surface area (Å²) in [5.41, 5.74) is 3.62. The van der Waals surface area contributed by atoms with Gasteiger partial charge in [-0.1, -0.05) is 36.2 Å². The molecule has 0 saturated heterocycles. The van der Waals surface area contributed by atoms with Gasteiger partial charge in [-0.2, -0.15) is 0 Å². The Bertz CT molecular complexity index is 986. The highest BCUT2D eigenvalue weighted by molar-refractivity contribution is 7.92. The molecular weight excluding hydrogens is 403 g/mol. The SMILES string of the molecule is CC[C@@H](C(=O)Nc1c(C)cc(C)cc1C)N(c1ccc(F)c(Cl)c1)S(C)(=O)=O. The zero-order valence-corrected chi connectivity index (χ0v) is 18.1. The minimum atomic E-state index is -3.83. The van der Waals surface area contributed by atoms with Crippen LogP contribution in [0.25, 0.3) is 0 Å². The maximum atomic E-state index is 13.5. The van der Waals surface area contributed by atoms with Crippen molar-refractivity contribution >= 4 is 38.9 Å². The topological polar surface area (TPSA) is 66.5 Å². The van der Waals surface area contributed by atoms with Crippen molar-refractivity contribution in [3.05, 3.63) is 57.9 Å². The van der Waals surface area contributed by atoms with Gasteiger partial charge in [0.2, 0.25) is 15.9 Å². The minimum Gasteiger partial charge on any atom is -0.324 e. The highest BCUT2D eigenvalue weighted by Crippen LogP contribution is 2.28. The van der Waals surface area contributed by atoms with Crippen molar-refractivity contribution in [3.8, 4) is 0 Å². The molecule has 0 aliphatic rings. The lowest BCUT2D eigenvalue weighted by atomic mass is 10.0. The van der Waals surface area contributed by atoms with Crippen LogP contribution < -0.4 is 9.62 Å². The Morgan fingerprint density at radius 2 is 1.75 bits per heavy atom. The predicted molar refractivity (Wildman–Crippen MR) is 112 cm³/mol. The van der Waals surface area contributed by atoms with Crippen LogP contribution in [0.4, 0.5) is 15.8 Å². The Morgan fingerprint density at radius 3 is 2.21 bits per heavy atom. The van der Waals surface area contributed by atoms with Gasteiger partial charge in [-0.25, -0.2) is 12.8 Å². The highest BCUT2D eigenvalue weighted by atomic mass is 35.5. The average Bonchev–Trinajstić information content (AvgIpc) is 2.57. The molecule has 0 bridgehead atoms. The predicted octanol–water partition coefficient (Wildman–Crippen LogP) is 4.59. The third kappa shape index (κ3) is 4.83. The molecule has 0 aliphatic heterocycles. The summed E-state index contributed by atoms with van der Waals surface area (Å²) in [6, 6.07) is 6.44. The van der Waals surface area contributed by atoms with E-state index in [9.17, 15) is 17.6 Å². The number of hydrogen-bond donors (Lipinski definition) is 1. The Hall–Kier alpha value is -2.12. The maximum absolute atomic E-state index is 13.5. The van der Waals surface area contributed by atoms with Crippen molar-refractivity contribution in [2.45, 2.75) is 40.2 Å². The van der Waals surface area contributed by atoms with Gasteiger partial charge in [0.05, 0.1) is 17.0 Å². The van der Waals surface area contributed by atoms with E-state index in [4.69, 9.17) is 11.6 Å². The number of sulfonamides is 1. The van der Waals surface area contributed by atoms with Crippen LogP contribution in [0.3, 0.4) is 0 Å². The highest BCUT2D eigenvalue weighted by Gasteiger charge is 2.32. The number of nitrogens with zero attached hydrogens (tertiary/aromatic N) is 1. The van der Waals surface area contributed by atoms with E-state index in [-0.39, 0.29) is 17.1 Å². The van der Waals surface area contributed by atoms with Crippen molar-refractivity contribution < 1.29 is 17.6 Å². The second kappa shape index (κ2) is 8.49. The molecule has 2 rings (SSSR count). The summed E-state index contributed by atoms with van der Waals surface area (Å²) < 4.78 is 39.5. The largest absolute Gasteiger partial charge is 0.324 e. The van der Waals surface area contributed by atoms with E-state index in [1.807, 2.05) is 32.9 Å². The van der Waals surface area contributed by atoms with Crippen LogP contribution in [0, 0.1) is 26.6 Å². The molecule has 0 radical (unpaired) electrons. The summed E-state index contributed by atoms with van der Waals surface area (Å²) in [6.45, 7) is 7.43. The van der Waals surface area contributed by atoms with Gasteiger partial charge in [0.15, 0.2) is 0 Å². The van der Waals surface area contributed by atoms with Gasteiger partial charge in [0, 0.05) is 5.69 Å². The fourth-order valence-corrected chi connectivity index (χ4v) is 4.64. The molecule has 0 fully saturated rings. The van der Waals surface area contributed by atoms with Gasteiger partial charge >= 0.3 is 0 Å². The smallest absolute Gasteiger partial charge is 0.248 e. The van der Waals surface area contributed by atoms with Gasteiger partial charge in [-0.3, -0.25) is 9.10 Å². The zero-order chi connectivity index (χ0) is 21.2. The van der Waals surface area contributed by atoms with Crippen LogP contribution in [0.2, 0.25) is 5.02 Å². The molecule has 0 aliphatic carbocycles. The second-order valence-electron chi connectivity index (χ2n) is 6.84. The summed E-state index contributed by atoms with van der Waals surface area (Å²) in [4.78, 5) is 13.0. The number of benzene rings is 2. The average molecular weight is 427 g/mol. The number of nitrogens with one attached hydrogen (secondary N) is 1. The van der Waals surface area contributed by atoms with E-state index in [2.05, 4.69) is 5.32 Å². The molecule has 0 spiro atoms. The fraction of sp³-hybridized carbons (Fsp3) is 0.350. The zero-order valence-electron chi connectivity index (χ0n) is 16.5. The first-order valence-corrected chi connectivity index (χ1v) is 11.0. The van der Waals surface area contributed by atoms with Crippen LogP contribution >= 0.6 is 11.6 Å². The van der Waals surface area contributed by atoms with Crippen LogP contribution in [0.5, 0.6) is 0 Å². The molecule has 8 heteroatoms. The van der Waals surface area contributed by atoms with Gasteiger partial charge < -0.3 is 5.32 Å². The summed E-state index contributed by atoms with van der Waals surface area (Å²) in [5, 5.41) is 2.64. The monoisotopic (exact) mass is 426 g/mol. The Balaban J connectivity index is 2.46. The summed E-state index contributed by atoms with van der Waals surface area (Å²) in [6.07, 6.45) is 1.22.